The van der Waals surface area contributed by atoms with Gasteiger partial charge in [0, 0.05) is 17.1 Å². The maximum Gasteiger partial charge on any atom is 0.198 e. The van der Waals surface area contributed by atoms with Crippen molar-refractivity contribution in [3.63, 3.8) is 0 Å². The van der Waals surface area contributed by atoms with Gasteiger partial charge in [-0.3, -0.25) is 4.99 Å². The Morgan fingerprint density at radius 3 is 2.95 bits per heavy atom. The first-order chi connectivity index (χ1) is 9.44. The van der Waals surface area contributed by atoms with Crippen LogP contribution in [0.1, 0.15) is 12.0 Å². The molecule has 1 aliphatic heterocycles. The molecule has 0 radical (unpaired) electrons. The Labute approximate surface area is 115 Å². The minimum Gasteiger partial charge on any atom is -0.494 e. The van der Waals surface area contributed by atoms with E-state index in [2.05, 4.69) is 9.98 Å². The monoisotopic (exact) mass is 296 g/mol. The summed E-state index contributed by atoms with van der Waals surface area (Å²) in [5.74, 6) is -0.338. The molecule has 5 nitrogen and oxygen atoms in total. The summed E-state index contributed by atoms with van der Waals surface area (Å²) in [4.78, 5) is 6.92. The van der Waals surface area contributed by atoms with Crippen LogP contribution in [-0.2, 0) is 9.84 Å². The topological polar surface area (TPSA) is 82.5 Å². The third-order valence-corrected chi connectivity index (χ3v) is 5.15. The molecule has 1 saturated heterocycles. The Morgan fingerprint density at radius 2 is 2.25 bits per heavy atom. The van der Waals surface area contributed by atoms with E-state index in [-0.39, 0.29) is 23.4 Å². The number of H-pyrrole nitrogens is 1. The number of aromatic hydroxyl groups is 1. The highest BCUT2D eigenvalue weighted by molar-refractivity contribution is 7.91. The molecule has 7 heteroatoms. The number of aliphatic imine (C=N–C) groups is 1. The van der Waals surface area contributed by atoms with Crippen LogP contribution in [0.5, 0.6) is 5.88 Å². The third-order valence-electron chi connectivity index (χ3n) is 3.40. The molecule has 0 saturated carbocycles. The first kappa shape index (κ1) is 13.1. The third kappa shape index (κ3) is 2.40. The molecule has 0 bridgehead atoms. The summed E-state index contributed by atoms with van der Waals surface area (Å²) in [6.07, 6.45) is 1.90. The predicted octanol–water partition coefficient (Wildman–Crippen LogP) is 1.62. The smallest absolute Gasteiger partial charge is 0.198 e. The zero-order valence-corrected chi connectivity index (χ0v) is 11.3. The number of halogens is 1. The number of aromatic nitrogens is 1. The maximum absolute atomic E-state index is 13.2. The molecule has 1 aromatic carbocycles. The number of nitrogens with one attached hydrogen (secondary N) is 1. The van der Waals surface area contributed by atoms with Gasteiger partial charge in [0.2, 0.25) is 0 Å². The van der Waals surface area contributed by atoms with Crippen LogP contribution in [0.15, 0.2) is 23.2 Å². The molecule has 3 rings (SSSR count). The van der Waals surface area contributed by atoms with Gasteiger partial charge in [0.1, 0.15) is 5.82 Å². The van der Waals surface area contributed by atoms with Crippen LogP contribution >= 0.6 is 0 Å². The Balaban J connectivity index is 1.95. The van der Waals surface area contributed by atoms with Crippen LogP contribution in [0.25, 0.3) is 10.9 Å². The summed E-state index contributed by atoms with van der Waals surface area (Å²) in [6, 6.07) is 3.83. The maximum atomic E-state index is 13.2. The Morgan fingerprint density at radius 1 is 1.45 bits per heavy atom. The number of aromatic amines is 1. The van der Waals surface area contributed by atoms with Gasteiger partial charge in [-0.1, -0.05) is 0 Å². The summed E-state index contributed by atoms with van der Waals surface area (Å²) < 4.78 is 35.9. The Bertz CT molecular complexity index is 795. The molecule has 2 N–H and O–H groups in total. The van der Waals surface area contributed by atoms with Crippen molar-refractivity contribution in [1.82, 2.24) is 4.98 Å². The number of benzene rings is 1. The van der Waals surface area contributed by atoms with Gasteiger partial charge in [-0.05, 0) is 24.6 Å². The van der Waals surface area contributed by atoms with Gasteiger partial charge >= 0.3 is 0 Å². The summed E-state index contributed by atoms with van der Waals surface area (Å²) in [6.45, 7) is 0. The Kier molecular flexibility index (Phi) is 3.01. The van der Waals surface area contributed by atoms with Crippen LogP contribution in [-0.4, -0.2) is 42.3 Å². The summed E-state index contributed by atoms with van der Waals surface area (Å²) >= 11 is 0. The van der Waals surface area contributed by atoms with Gasteiger partial charge in [-0.25, -0.2) is 12.8 Å². The fourth-order valence-corrected chi connectivity index (χ4v) is 4.01. The average molecular weight is 296 g/mol. The van der Waals surface area contributed by atoms with E-state index in [1.807, 2.05) is 0 Å². The highest BCUT2D eigenvalue weighted by Gasteiger charge is 2.27. The number of hydrogen-bond acceptors (Lipinski definition) is 4. The minimum atomic E-state index is -2.99. The molecule has 2 aromatic rings. The van der Waals surface area contributed by atoms with Crippen LogP contribution in [0, 0.1) is 5.82 Å². The van der Waals surface area contributed by atoms with Crippen molar-refractivity contribution in [2.75, 3.05) is 11.5 Å². The molecule has 1 unspecified atom stereocenters. The minimum absolute atomic E-state index is 0.0287. The molecular weight excluding hydrogens is 283 g/mol. The summed E-state index contributed by atoms with van der Waals surface area (Å²) in [5.41, 5.74) is 0.980. The van der Waals surface area contributed by atoms with Crippen molar-refractivity contribution >= 4 is 27.0 Å². The number of rotatable bonds is 2. The van der Waals surface area contributed by atoms with Gasteiger partial charge in [0.25, 0.3) is 0 Å². The molecule has 1 atom stereocenters. The first-order valence-corrected chi connectivity index (χ1v) is 8.00. The van der Waals surface area contributed by atoms with E-state index in [1.165, 1.54) is 24.4 Å². The number of hydrogen-bond donors (Lipinski definition) is 2. The van der Waals surface area contributed by atoms with E-state index in [4.69, 9.17) is 0 Å². The van der Waals surface area contributed by atoms with Gasteiger partial charge in [0.15, 0.2) is 15.7 Å². The van der Waals surface area contributed by atoms with Gasteiger partial charge in [-0.2, -0.15) is 0 Å². The lowest BCUT2D eigenvalue weighted by atomic mass is 10.2. The van der Waals surface area contributed by atoms with E-state index in [9.17, 15) is 17.9 Å². The first-order valence-electron chi connectivity index (χ1n) is 6.18. The molecule has 1 fully saturated rings. The van der Waals surface area contributed by atoms with Gasteiger partial charge < -0.3 is 10.1 Å². The SMILES string of the molecule is O=S1(=O)CCC(N=Cc2c(O)[nH]c3ccc(F)cc23)C1. The quantitative estimate of drug-likeness (QED) is 0.826. The lowest BCUT2D eigenvalue weighted by molar-refractivity contribution is 0.457. The number of nitrogens with zero attached hydrogens (tertiary/aromatic N) is 1. The van der Waals surface area contributed by atoms with Gasteiger partial charge in [-0.15, -0.1) is 0 Å². The van der Waals surface area contributed by atoms with E-state index in [1.54, 1.807) is 0 Å². The van der Waals surface area contributed by atoms with E-state index in [0.717, 1.165) is 0 Å². The summed E-state index contributed by atoms with van der Waals surface area (Å²) in [5, 5.41) is 10.3. The van der Waals surface area contributed by atoms with Crippen LogP contribution in [0.4, 0.5) is 4.39 Å². The highest BCUT2D eigenvalue weighted by atomic mass is 32.2. The Hall–Kier alpha value is -1.89. The van der Waals surface area contributed by atoms with E-state index in [0.29, 0.717) is 22.9 Å². The molecule has 20 heavy (non-hydrogen) atoms. The lowest BCUT2D eigenvalue weighted by Crippen LogP contribution is -2.07. The summed E-state index contributed by atoms with van der Waals surface area (Å²) in [7, 11) is -2.99. The van der Waals surface area contributed by atoms with Crippen LogP contribution in [0.3, 0.4) is 0 Å². The fourth-order valence-electron chi connectivity index (χ4n) is 2.37. The standard InChI is InChI=1S/C13H13FN2O3S/c14-8-1-2-12-10(5-8)11(13(17)16-12)6-15-9-3-4-20(18,19)7-9/h1-2,5-6,9,16-17H,3-4,7H2. The second-order valence-electron chi connectivity index (χ2n) is 4.91. The van der Waals surface area contributed by atoms with Crippen molar-refractivity contribution in [3.8, 4) is 5.88 Å². The average Bonchev–Trinajstić information content (AvgIpc) is 2.86. The largest absolute Gasteiger partial charge is 0.494 e. The molecule has 0 spiro atoms. The van der Waals surface area contributed by atoms with E-state index < -0.39 is 15.7 Å². The van der Waals surface area contributed by atoms with Crippen molar-refractivity contribution in [2.45, 2.75) is 12.5 Å². The normalized spacial score (nSPS) is 21.9. The molecule has 0 aliphatic carbocycles. The second-order valence-corrected chi connectivity index (χ2v) is 7.14. The highest BCUT2D eigenvalue weighted by Crippen LogP contribution is 2.26. The van der Waals surface area contributed by atoms with Crippen molar-refractivity contribution in [3.05, 3.63) is 29.6 Å². The molecular formula is C13H13FN2O3S. The van der Waals surface area contributed by atoms with Crippen molar-refractivity contribution < 1.29 is 17.9 Å². The zero-order chi connectivity index (χ0) is 14.3. The predicted molar refractivity (Wildman–Crippen MR) is 74.6 cm³/mol. The second kappa shape index (κ2) is 4.59. The lowest BCUT2D eigenvalue weighted by Gasteiger charge is -1.99. The van der Waals surface area contributed by atoms with Crippen LogP contribution < -0.4 is 0 Å². The molecule has 1 aromatic heterocycles. The van der Waals surface area contributed by atoms with Crippen molar-refractivity contribution in [1.29, 1.82) is 0 Å². The van der Waals surface area contributed by atoms with E-state index >= 15 is 0 Å². The van der Waals surface area contributed by atoms with Gasteiger partial charge in [0.05, 0.1) is 23.1 Å². The number of fused-ring (bicyclic) bond motifs is 1. The molecule has 0 amide bonds. The number of sulfone groups is 1. The molecule has 2 heterocycles. The van der Waals surface area contributed by atoms with Crippen LogP contribution in [0.2, 0.25) is 0 Å². The zero-order valence-electron chi connectivity index (χ0n) is 10.5. The van der Waals surface area contributed by atoms with Crippen molar-refractivity contribution in [2.24, 2.45) is 4.99 Å². The fraction of sp³-hybridized carbons (Fsp3) is 0.308. The molecule has 1 aliphatic rings. The molecule has 106 valence electrons.